The van der Waals surface area contributed by atoms with E-state index in [0.717, 1.165) is 19.5 Å². The maximum atomic E-state index is 12.2. The van der Waals surface area contributed by atoms with E-state index in [2.05, 4.69) is 11.8 Å². The molecule has 1 heterocycles. The molecule has 0 saturated carbocycles. The molecule has 1 aromatic carbocycles. The zero-order valence-corrected chi connectivity index (χ0v) is 13.2. The average Bonchev–Trinajstić information content (AvgIpc) is 2.36. The monoisotopic (exact) mass is 316 g/mol. The van der Waals surface area contributed by atoms with Crippen LogP contribution in [0.2, 0.25) is 5.02 Å². The fourth-order valence-electron chi connectivity index (χ4n) is 2.70. The van der Waals surface area contributed by atoms with Crippen LogP contribution in [0.5, 0.6) is 0 Å². The Balaban J connectivity index is 1.97. The van der Waals surface area contributed by atoms with Gasteiger partial charge in [-0.2, -0.15) is 0 Å². The molecular formula is C14H21ClN2O2S. The minimum absolute atomic E-state index is 0.119. The molecule has 0 bridgehead atoms. The zero-order valence-electron chi connectivity index (χ0n) is 11.6. The number of halogens is 1. The Morgan fingerprint density at radius 2 is 1.95 bits per heavy atom. The van der Waals surface area contributed by atoms with E-state index < -0.39 is 9.84 Å². The number of hydrogen-bond acceptors (Lipinski definition) is 4. The topological polar surface area (TPSA) is 63.4 Å². The van der Waals surface area contributed by atoms with Crippen molar-refractivity contribution in [2.45, 2.75) is 24.3 Å². The second-order valence-corrected chi connectivity index (χ2v) is 8.18. The molecule has 1 aliphatic heterocycles. The van der Waals surface area contributed by atoms with E-state index in [9.17, 15) is 8.42 Å². The first kappa shape index (κ1) is 15.8. The lowest BCUT2D eigenvalue weighted by atomic mass is 9.97. The van der Waals surface area contributed by atoms with E-state index in [0.29, 0.717) is 22.4 Å². The van der Waals surface area contributed by atoms with Gasteiger partial charge in [0.1, 0.15) is 0 Å². The average molecular weight is 317 g/mol. The molecule has 6 heteroatoms. The van der Waals surface area contributed by atoms with Crippen LogP contribution in [-0.4, -0.2) is 44.7 Å². The summed E-state index contributed by atoms with van der Waals surface area (Å²) in [5.74, 6) is 0.644. The lowest BCUT2D eigenvalue weighted by Gasteiger charge is -2.34. The number of benzene rings is 1. The van der Waals surface area contributed by atoms with E-state index in [-0.39, 0.29) is 11.8 Å². The van der Waals surface area contributed by atoms with Gasteiger partial charge in [0.25, 0.3) is 0 Å². The quantitative estimate of drug-likeness (QED) is 0.919. The Labute approximate surface area is 125 Å². The highest BCUT2D eigenvalue weighted by Gasteiger charge is 2.24. The molecule has 112 valence electrons. The summed E-state index contributed by atoms with van der Waals surface area (Å²) < 4.78 is 24.5. The number of nitrogens with two attached hydrogens (primary N) is 1. The zero-order chi connectivity index (χ0) is 14.8. The molecule has 4 nitrogen and oxygen atoms in total. The second-order valence-electron chi connectivity index (χ2n) is 5.63. The number of nitrogens with zero attached hydrogens (tertiary/aromatic N) is 1. The fourth-order valence-corrected chi connectivity index (χ4v) is 4.12. The molecule has 0 spiro atoms. The van der Waals surface area contributed by atoms with Crippen LogP contribution in [0.25, 0.3) is 0 Å². The highest BCUT2D eigenvalue weighted by atomic mass is 35.5. The van der Waals surface area contributed by atoms with Crippen LogP contribution < -0.4 is 5.73 Å². The van der Waals surface area contributed by atoms with Crippen LogP contribution in [0.1, 0.15) is 13.3 Å². The third-order valence-electron chi connectivity index (χ3n) is 3.62. The molecule has 1 aliphatic rings. The number of hydrogen-bond donors (Lipinski definition) is 1. The van der Waals surface area contributed by atoms with Gasteiger partial charge >= 0.3 is 0 Å². The first-order chi connectivity index (χ1) is 9.37. The Morgan fingerprint density at radius 3 is 2.55 bits per heavy atom. The van der Waals surface area contributed by atoms with Crippen LogP contribution in [-0.2, 0) is 9.84 Å². The van der Waals surface area contributed by atoms with Gasteiger partial charge < -0.3 is 10.6 Å². The normalized spacial score (nSPS) is 24.8. The highest BCUT2D eigenvalue weighted by Crippen LogP contribution is 2.18. The van der Waals surface area contributed by atoms with Gasteiger partial charge in [-0.3, -0.25) is 0 Å². The number of rotatable bonds is 4. The Morgan fingerprint density at radius 1 is 1.30 bits per heavy atom. The summed E-state index contributed by atoms with van der Waals surface area (Å²) >= 11 is 5.78. The molecule has 1 saturated heterocycles. The summed E-state index contributed by atoms with van der Waals surface area (Å²) in [5, 5.41) is 0.541. The van der Waals surface area contributed by atoms with Crippen molar-refractivity contribution in [3.8, 4) is 0 Å². The number of sulfone groups is 1. The summed E-state index contributed by atoms with van der Waals surface area (Å²) in [7, 11) is -3.25. The van der Waals surface area contributed by atoms with Gasteiger partial charge in [0.15, 0.2) is 9.84 Å². The van der Waals surface area contributed by atoms with Crippen molar-refractivity contribution in [2.24, 2.45) is 11.7 Å². The first-order valence-corrected chi connectivity index (χ1v) is 8.86. The van der Waals surface area contributed by atoms with E-state index in [1.165, 1.54) is 0 Å². The molecule has 0 radical (unpaired) electrons. The molecule has 0 aliphatic carbocycles. The van der Waals surface area contributed by atoms with Crippen LogP contribution >= 0.6 is 11.6 Å². The third-order valence-corrected chi connectivity index (χ3v) is 5.58. The molecular weight excluding hydrogens is 296 g/mol. The van der Waals surface area contributed by atoms with Crippen LogP contribution in [0.3, 0.4) is 0 Å². The van der Waals surface area contributed by atoms with E-state index in [1.54, 1.807) is 24.3 Å². The molecule has 2 unspecified atom stereocenters. The maximum absolute atomic E-state index is 12.2. The van der Waals surface area contributed by atoms with E-state index in [4.69, 9.17) is 17.3 Å². The SMILES string of the molecule is CC1CC(N)CN(CCS(=O)(=O)c2ccc(Cl)cc2)C1. The van der Waals surface area contributed by atoms with Crippen LogP contribution in [0.15, 0.2) is 29.2 Å². The van der Waals surface area contributed by atoms with E-state index >= 15 is 0 Å². The predicted molar refractivity (Wildman–Crippen MR) is 81.7 cm³/mol. The van der Waals surface area contributed by atoms with Crippen molar-refractivity contribution in [2.75, 3.05) is 25.4 Å². The predicted octanol–water partition coefficient (Wildman–Crippen LogP) is 1.78. The van der Waals surface area contributed by atoms with Gasteiger partial charge in [-0.1, -0.05) is 18.5 Å². The van der Waals surface area contributed by atoms with Gasteiger partial charge in [0, 0.05) is 30.7 Å². The summed E-state index contributed by atoms with van der Waals surface area (Å²) in [4.78, 5) is 2.48. The molecule has 0 amide bonds. The molecule has 2 rings (SSSR count). The lowest BCUT2D eigenvalue weighted by Crippen LogP contribution is -2.47. The van der Waals surface area contributed by atoms with Gasteiger partial charge in [-0.05, 0) is 36.6 Å². The Bertz CT molecular complexity index is 535. The molecule has 2 N–H and O–H groups in total. The largest absolute Gasteiger partial charge is 0.327 e. The molecule has 2 atom stereocenters. The number of likely N-dealkylation sites (tertiary alicyclic amines) is 1. The van der Waals surface area contributed by atoms with Gasteiger partial charge in [0.2, 0.25) is 0 Å². The summed E-state index contributed by atoms with van der Waals surface area (Å²) in [6, 6.07) is 6.47. The first-order valence-electron chi connectivity index (χ1n) is 6.83. The fraction of sp³-hybridized carbons (Fsp3) is 0.571. The summed E-state index contributed by atoms with van der Waals surface area (Å²) in [6.45, 7) is 4.38. The van der Waals surface area contributed by atoms with Crippen molar-refractivity contribution in [3.05, 3.63) is 29.3 Å². The van der Waals surface area contributed by atoms with Crippen LogP contribution in [0.4, 0.5) is 0 Å². The minimum Gasteiger partial charge on any atom is -0.327 e. The van der Waals surface area contributed by atoms with Crippen molar-refractivity contribution in [1.82, 2.24) is 4.90 Å². The molecule has 20 heavy (non-hydrogen) atoms. The molecule has 1 fully saturated rings. The molecule has 1 aromatic rings. The van der Waals surface area contributed by atoms with Gasteiger partial charge in [0.05, 0.1) is 10.6 Å². The standard InChI is InChI=1S/C14H21ClN2O2S/c1-11-8-13(16)10-17(9-11)6-7-20(18,19)14-4-2-12(15)3-5-14/h2-5,11,13H,6-10,16H2,1H3. The maximum Gasteiger partial charge on any atom is 0.179 e. The van der Waals surface area contributed by atoms with Gasteiger partial charge in [-0.25, -0.2) is 8.42 Å². The van der Waals surface area contributed by atoms with Gasteiger partial charge in [-0.15, -0.1) is 0 Å². The Hall–Kier alpha value is -0.620. The minimum atomic E-state index is -3.25. The third kappa shape index (κ3) is 4.19. The summed E-state index contributed by atoms with van der Waals surface area (Å²) in [5.41, 5.74) is 5.98. The number of piperidine rings is 1. The Kier molecular flexibility index (Phi) is 5.07. The van der Waals surface area contributed by atoms with Crippen molar-refractivity contribution in [3.63, 3.8) is 0 Å². The molecule has 0 aromatic heterocycles. The second kappa shape index (κ2) is 6.43. The lowest BCUT2D eigenvalue weighted by molar-refractivity contribution is 0.174. The van der Waals surface area contributed by atoms with Crippen LogP contribution in [0, 0.1) is 5.92 Å². The van der Waals surface area contributed by atoms with Crippen molar-refractivity contribution < 1.29 is 8.42 Å². The van der Waals surface area contributed by atoms with Crippen molar-refractivity contribution >= 4 is 21.4 Å². The van der Waals surface area contributed by atoms with Crippen molar-refractivity contribution in [1.29, 1.82) is 0 Å². The smallest absolute Gasteiger partial charge is 0.179 e. The highest BCUT2D eigenvalue weighted by molar-refractivity contribution is 7.91. The summed E-state index contributed by atoms with van der Waals surface area (Å²) in [6.07, 6.45) is 1.01. The van der Waals surface area contributed by atoms with E-state index in [1.807, 2.05) is 0 Å².